The summed E-state index contributed by atoms with van der Waals surface area (Å²) in [6.07, 6.45) is 0. The summed E-state index contributed by atoms with van der Waals surface area (Å²) < 4.78 is 0. The Morgan fingerprint density at radius 3 is 1.66 bits per heavy atom. The standard InChI is InChI=1S/C30H26O2/c1-19-23(20-13-7-4-8-14-20)28(2)24(19)25(31)26-29(3,27(28)32)30(26,21-15-9-5-10-16-21)22-17-11-6-12-18-22/h4-18,24,26H,1-3H3/t24?,26-,28-,29-/m0/s1. The van der Waals surface area contributed by atoms with Gasteiger partial charge in [-0.25, -0.2) is 0 Å². The average molecular weight is 419 g/mol. The molecule has 158 valence electrons. The third-order valence-corrected chi connectivity index (χ3v) is 8.70. The van der Waals surface area contributed by atoms with E-state index in [0.717, 1.165) is 27.8 Å². The molecule has 0 spiro atoms. The van der Waals surface area contributed by atoms with Crippen LogP contribution < -0.4 is 0 Å². The molecule has 0 N–H and O–H groups in total. The number of Topliss-reactive ketones (excluding diaryl/α,β-unsaturated/α-hetero) is 2. The molecule has 2 saturated carbocycles. The zero-order valence-corrected chi connectivity index (χ0v) is 18.6. The van der Waals surface area contributed by atoms with Gasteiger partial charge >= 0.3 is 0 Å². The highest BCUT2D eigenvalue weighted by atomic mass is 16.2. The normalized spacial score (nSPS) is 32.1. The van der Waals surface area contributed by atoms with Gasteiger partial charge in [-0.05, 0) is 36.1 Å². The number of benzene rings is 3. The quantitative estimate of drug-likeness (QED) is 0.533. The Morgan fingerprint density at radius 1 is 0.688 bits per heavy atom. The van der Waals surface area contributed by atoms with Crippen LogP contribution in [0.25, 0.3) is 5.57 Å². The fourth-order valence-electron chi connectivity index (χ4n) is 7.56. The SMILES string of the molecule is CC1=C(c2ccccc2)[C@]2(C)C(=O)[C@]3(C)[C@H](C(=O)C12)C3(c1ccccc1)c1ccccc1. The summed E-state index contributed by atoms with van der Waals surface area (Å²) in [5, 5.41) is 0. The number of carbonyl (C=O) groups excluding carboxylic acids is 2. The molecular formula is C30H26O2. The molecule has 0 heterocycles. The Bertz CT molecular complexity index is 1250. The van der Waals surface area contributed by atoms with E-state index in [2.05, 4.69) is 36.4 Å². The van der Waals surface area contributed by atoms with Gasteiger partial charge in [0.1, 0.15) is 5.78 Å². The third kappa shape index (κ3) is 1.93. The third-order valence-electron chi connectivity index (χ3n) is 8.70. The molecule has 3 aliphatic carbocycles. The van der Waals surface area contributed by atoms with Crippen LogP contribution in [0, 0.1) is 22.7 Å². The summed E-state index contributed by atoms with van der Waals surface area (Å²) in [5.74, 6) is -0.244. The van der Waals surface area contributed by atoms with Crippen molar-refractivity contribution in [1.29, 1.82) is 0 Å². The first-order chi connectivity index (χ1) is 15.4. The topological polar surface area (TPSA) is 34.1 Å². The van der Waals surface area contributed by atoms with Gasteiger partial charge < -0.3 is 0 Å². The van der Waals surface area contributed by atoms with Crippen molar-refractivity contribution < 1.29 is 9.59 Å². The summed E-state index contributed by atoms with van der Waals surface area (Å²) in [4.78, 5) is 28.7. The maximum absolute atomic E-state index is 14.5. The Labute approximate surface area is 189 Å². The van der Waals surface area contributed by atoms with Crippen LogP contribution in [0.2, 0.25) is 0 Å². The monoisotopic (exact) mass is 418 g/mol. The first-order valence-corrected chi connectivity index (χ1v) is 11.4. The van der Waals surface area contributed by atoms with Crippen molar-refractivity contribution in [3.8, 4) is 0 Å². The lowest BCUT2D eigenvalue weighted by Crippen LogP contribution is -2.56. The largest absolute Gasteiger partial charge is 0.299 e. The molecule has 0 bridgehead atoms. The van der Waals surface area contributed by atoms with Crippen LogP contribution in [0.5, 0.6) is 0 Å². The molecule has 1 unspecified atom stereocenters. The number of hydrogen-bond donors (Lipinski definition) is 0. The van der Waals surface area contributed by atoms with E-state index >= 15 is 0 Å². The van der Waals surface area contributed by atoms with E-state index in [-0.39, 0.29) is 23.4 Å². The molecule has 3 aromatic carbocycles. The van der Waals surface area contributed by atoms with Gasteiger partial charge in [0.2, 0.25) is 0 Å². The van der Waals surface area contributed by atoms with E-state index in [1.165, 1.54) is 0 Å². The molecule has 3 aliphatic rings. The molecule has 4 atom stereocenters. The van der Waals surface area contributed by atoms with Crippen molar-refractivity contribution in [2.24, 2.45) is 22.7 Å². The molecule has 0 radical (unpaired) electrons. The number of fused-ring (bicyclic) bond motifs is 2. The van der Waals surface area contributed by atoms with Crippen LogP contribution in [0.1, 0.15) is 37.5 Å². The van der Waals surface area contributed by atoms with Crippen LogP contribution >= 0.6 is 0 Å². The fraction of sp³-hybridized carbons (Fsp3) is 0.267. The second-order valence-corrected chi connectivity index (χ2v) is 9.97. The molecule has 0 saturated heterocycles. The molecule has 2 heteroatoms. The minimum Gasteiger partial charge on any atom is -0.299 e. The molecule has 0 amide bonds. The lowest BCUT2D eigenvalue weighted by Gasteiger charge is -2.52. The van der Waals surface area contributed by atoms with Crippen molar-refractivity contribution in [3.05, 3.63) is 113 Å². The first-order valence-electron chi connectivity index (χ1n) is 11.4. The van der Waals surface area contributed by atoms with Gasteiger partial charge in [0.15, 0.2) is 5.78 Å². The fourth-order valence-corrected chi connectivity index (χ4v) is 7.56. The lowest BCUT2D eigenvalue weighted by atomic mass is 9.48. The molecular weight excluding hydrogens is 392 g/mol. The van der Waals surface area contributed by atoms with Crippen LogP contribution in [0.4, 0.5) is 0 Å². The van der Waals surface area contributed by atoms with E-state index in [0.29, 0.717) is 0 Å². The molecule has 0 aromatic heterocycles. The van der Waals surface area contributed by atoms with Gasteiger partial charge in [0, 0.05) is 11.3 Å². The van der Waals surface area contributed by atoms with Gasteiger partial charge in [-0.2, -0.15) is 0 Å². The van der Waals surface area contributed by atoms with Crippen LogP contribution in [0.15, 0.2) is 96.6 Å². The Morgan fingerprint density at radius 2 is 1.16 bits per heavy atom. The van der Waals surface area contributed by atoms with E-state index < -0.39 is 16.2 Å². The maximum Gasteiger partial charge on any atom is 0.152 e. The summed E-state index contributed by atoms with van der Waals surface area (Å²) >= 11 is 0. The summed E-state index contributed by atoms with van der Waals surface area (Å²) in [6.45, 7) is 6.08. The number of hydrogen-bond acceptors (Lipinski definition) is 2. The smallest absolute Gasteiger partial charge is 0.152 e. The van der Waals surface area contributed by atoms with Crippen molar-refractivity contribution in [2.75, 3.05) is 0 Å². The predicted octanol–water partition coefficient (Wildman–Crippen LogP) is 5.87. The molecule has 32 heavy (non-hydrogen) atoms. The highest BCUT2D eigenvalue weighted by molar-refractivity contribution is 6.21. The van der Waals surface area contributed by atoms with E-state index in [1.807, 2.05) is 75.4 Å². The minimum atomic E-state index is -0.779. The zero-order valence-electron chi connectivity index (χ0n) is 18.6. The predicted molar refractivity (Wildman–Crippen MR) is 126 cm³/mol. The van der Waals surface area contributed by atoms with E-state index in [1.54, 1.807) is 0 Å². The van der Waals surface area contributed by atoms with E-state index in [4.69, 9.17) is 0 Å². The van der Waals surface area contributed by atoms with Crippen molar-refractivity contribution >= 4 is 17.1 Å². The number of carbonyl (C=O) groups is 2. The second kappa shape index (κ2) is 6.16. The Kier molecular flexibility index (Phi) is 3.74. The Balaban J connectivity index is 1.59. The average Bonchev–Trinajstić information content (AvgIpc) is 3.42. The van der Waals surface area contributed by atoms with Crippen LogP contribution in [-0.2, 0) is 15.0 Å². The number of rotatable bonds is 3. The lowest BCUT2D eigenvalue weighted by molar-refractivity contribution is -0.145. The van der Waals surface area contributed by atoms with Crippen molar-refractivity contribution in [3.63, 3.8) is 0 Å². The summed E-state index contributed by atoms with van der Waals surface area (Å²) in [5.41, 5.74) is 3.11. The Hall–Kier alpha value is -3.26. The van der Waals surface area contributed by atoms with E-state index in [9.17, 15) is 9.59 Å². The van der Waals surface area contributed by atoms with Crippen LogP contribution in [0.3, 0.4) is 0 Å². The molecule has 2 nitrogen and oxygen atoms in total. The van der Waals surface area contributed by atoms with Gasteiger partial charge in [0.05, 0.1) is 16.7 Å². The highest BCUT2D eigenvalue weighted by Gasteiger charge is 2.87. The van der Waals surface area contributed by atoms with Crippen molar-refractivity contribution in [2.45, 2.75) is 26.2 Å². The van der Waals surface area contributed by atoms with Crippen molar-refractivity contribution in [1.82, 2.24) is 0 Å². The highest BCUT2D eigenvalue weighted by Crippen LogP contribution is 2.81. The minimum absolute atomic E-state index is 0.205. The maximum atomic E-state index is 14.5. The van der Waals surface area contributed by atoms with Gasteiger partial charge in [-0.15, -0.1) is 0 Å². The molecule has 0 aliphatic heterocycles. The summed E-state index contributed by atoms with van der Waals surface area (Å²) in [7, 11) is 0. The molecule has 3 aromatic rings. The number of ketones is 2. The summed E-state index contributed by atoms with van der Waals surface area (Å²) in [6, 6.07) is 30.5. The van der Waals surface area contributed by atoms with Gasteiger partial charge in [-0.1, -0.05) is 103 Å². The van der Waals surface area contributed by atoms with Crippen LogP contribution in [-0.4, -0.2) is 11.6 Å². The van der Waals surface area contributed by atoms with Gasteiger partial charge in [-0.3, -0.25) is 9.59 Å². The zero-order chi connectivity index (χ0) is 22.3. The number of allylic oxidation sites excluding steroid dienone is 2. The molecule has 6 rings (SSSR count). The molecule has 2 fully saturated rings. The first kappa shape index (κ1) is 19.4. The second-order valence-electron chi connectivity index (χ2n) is 9.97. The van der Waals surface area contributed by atoms with Gasteiger partial charge in [0.25, 0.3) is 0 Å².